The molecular weight excluding hydrogens is 373 g/mol. The van der Waals surface area contributed by atoms with Gasteiger partial charge in [-0.15, -0.1) is 12.4 Å². The van der Waals surface area contributed by atoms with Gasteiger partial charge in [0.2, 0.25) is 0 Å². The maximum absolute atomic E-state index is 14.4. The third-order valence-corrected chi connectivity index (χ3v) is 4.67. The van der Waals surface area contributed by atoms with Crippen LogP contribution in [-0.4, -0.2) is 43.5 Å². The Labute approximate surface area is 161 Å². The number of carbonyl (C=O) groups excluding carboxylic acids is 1. The quantitative estimate of drug-likeness (QED) is 0.707. The molecule has 1 saturated heterocycles. The van der Waals surface area contributed by atoms with E-state index in [-0.39, 0.29) is 24.0 Å². The molecule has 8 nitrogen and oxygen atoms in total. The Morgan fingerprint density at radius 3 is 2.70 bits per heavy atom. The highest BCUT2D eigenvalue weighted by Crippen LogP contribution is 2.29. The number of hydrogen-bond donors (Lipinski definition) is 2. The SMILES string of the molecule is Cl.O=C(Nc1ccc(-n2cncn2)c(F)c1)C1(n2cccn2)CCNCC1. The van der Waals surface area contributed by atoms with Gasteiger partial charge in [-0.2, -0.15) is 10.2 Å². The molecule has 0 aliphatic carbocycles. The van der Waals surface area contributed by atoms with E-state index in [9.17, 15) is 9.18 Å². The van der Waals surface area contributed by atoms with Crippen LogP contribution in [0.2, 0.25) is 0 Å². The largest absolute Gasteiger partial charge is 0.324 e. The molecule has 2 aromatic heterocycles. The molecule has 0 saturated carbocycles. The zero-order valence-corrected chi connectivity index (χ0v) is 15.2. The van der Waals surface area contributed by atoms with E-state index in [2.05, 4.69) is 25.8 Å². The predicted molar refractivity (Wildman–Crippen MR) is 99.5 cm³/mol. The van der Waals surface area contributed by atoms with E-state index in [4.69, 9.17) is 0 Å². The highest BCUT2D eigenvalue weighted by atomic mass is 35.5. The van der Waals surface area contributed by atoms with Crippen LogP contribution in [-0.2, 0) is 10.3 Å². The van der Waals surface area contributed by atoms with Gasteiger partial charge in [0, 0.05) is 18.1 Å². The number of piperidine rings is 1. The van der Waals surface area contributed by atoms with Gasteiger partial charge in [-0.25, -0.2) is 14.1 Å². The van der Waals surface area contributed by atoms with Crippen LogP contribution in [0.4, 0.5) is 10.1 Å². The Morgan fingerprint density at radius 1 is 1.26 bits per heavy atom. The van der Waals surface area contributed by atoms with Crippen molar-refractivity contribution >= 4 is 24.0 Å². The Morgan fingerprint density at radius 2 is 2.07 bits per heavy atom. The summed E-state index contributed by atoms with van der Waals surface area (Å²) < 4.78 is 17.4. The number of halogens is 2. The van der Waals surface area contributed by atoms with Crippen molar-refractivity contribution in [2.75, 3.05) is 18.4 Å². The number of aromatic nitrogens is 5. The van der Waals surface area contributed by atoms with Crippen LogP contribution in [0.15, 0.2) is 49.3 Å². The highest BCUT2D eigenvalue weighted by Gasteiger charge is 2.42. The number of anilines is 1. The monoisotopic (exact) mass is 391 g/mol. The Hall–Kier alpha value is -2.78. The maximum Gasteiger partial charge on any atom is 0.252 e. The first-order valence-corrected chi connectivity index (χ1v) is 8.36. The van der Waals surface area contributed by atoms with Gasteiger partial charge < -0.3 is 10.6 Å². The molecule has 142 valence electrons. The lowest BCUT2D eigenvalue weighted by atomic mass is 9.87. The standard InChI is InChI=1S/C17H18FN7O.ClH/c18-14-10-13(2-3-15(14)24-12-20-11-22-24)23-16(26)17(4-7-19-8-5-17)25-9-1-6-21-25;/h1-3,6,9-12,19H,4-5,7-8H2,(H,23,26);1H. The number of carbonyl (C=O) groups is 1. The number of hydrogen-bond acceptors (Lipinski definition) is 5. The molecule has 3 heterocycles. The second kappa shape index (κ2) is 7.85. The van der Waals surface area contributed by atoms with Crippen LogP contribution >= 0.6 is 12.4 Å². The average Bonchev–Trinajstić information content (AvgIpc) is 3.36. The van der Waals surface area contributed by atoms with Crippen LogP contribution in [0.3, 0.4) is 0 Å². The summed E-state index contributed by atoms with van der Waals surface area (Å²) >= 11 is 0. The lowest BCUT2D eigenvalue weighted by Crippen LogP contribution is -2.52. The number of amides is 1. The van der Waals surface area contributed by atoms with Gasteiger partial charge in [0.1, 0.15) is 23.9 Å². The molecule has 10 heteroatoms. The fraction of sp³-hybridized carbons (Fsp3) is 0.294. The summed E-state index contributed by atoms with van der Waals surface area (Å²) in [6, 6.07) is 6.29. The number of benzene rings is 1. The molecule has 1 fully saturated rings. The van der Waals surface area contributed by atoms with Crippen LogP contribution in [0.1, 0.15) is 12.8 Å². The highest BCUT2D eigenvalue weighted by molar-refractivity contribution is 5.96. The molecule has 1 aliphatic heterocycles. The van der Waals surface area contributed by atoms with E-state index < -0.39 is 11.4 Å². The molecule has 1 aliphatic rings. The second-order valence-corrected chi connectivity index (χ2v) is 6.19. The minimum absolute atomic E-state index is 0. The van der Waals surface area contributed by atoms with Crippen LogP contribution in [0.25, 0.3) is 5.69 Å². The van der Waals surface area contributed by atoms with Gasteiger partial charge in [-0.1, -0.05) is 0 Å². The van der Waals surface area contributed by atoms with Crippen LogP contribution < -0.4 is 10.6 Å². The number of rotatable bonds is 4. The molecule has 1 aromatic carbocycles. The first kappa shape index (κ1) is 19.0. The van der Waals surface area contributed by atoms with Crippen molar-refractivity contribution in [3.63, 3.8) is 0 Å². The first-order chi connectivity index (χ1) is 12.7. The normalized spacial score (nSPS) is 15.7. The molecule has 0 atom stereocenters. The maximum atomic E-state index is 14.4. The van der Waals surface area contributed by atoms with Crippen LogP contribution in [0, 0.1) is 5.82 Å². The third-order valence-electron chi connectivity index (χ3n) is 4.67. The summed E-state index contributed by atoms with van der Waals surface area (Å²) in [5.41, 5.74) is -0.124. The molecule has 27 heavy (non-hydrogen) atoms. The minimum Gasteiger partial charge on any atom is -0.324 e. The summed E-state index contributed by atoms with van der Waals surface area (Å²) in [5, 5.41) is 14.3. The van der Waals surface area contributed by atoms with E-state index in [1.54, 1.807) is 35.3 Å². The molecule has 4 rings (SSSR count). The van der Waals surface area contributed by atoms with Gasteiger partial charge in [0.25, 0.3) is 5.91 Å². The second-order valence-electron chi connectivity index (χ2n) is 6.19. The van der Waals surface area contributed by atoms with Crippen molar-refractivity contribution in [3.05, 3.63) is 55.1 Å². The Balaban J connectivity index is 0.00000210. The first-order valence-electron chi connectivity index (χ1n) is 8.36. The molecule has 2 N–H and O–H groups in total. The van der Waals surface area contributed by atoms with E-state index in [0.717, 1.165) is 0 Å². The molecule has 0 bridgehead atoms. The van der Waals surface area contributed by atoms with E-state index >= 15 is 0 Å². The Kier molecular flexibility index (Phi) is 5.52. The zero-order valence-electron chi connectivity index (χ0n) is 14.4. The van der Waals surface area contributed by atoms with Gasteiger partial charge in [-0.3, -0.25) is 9.48 Å². The molecule has 0 radical (unpaired) electrons. The van der Waals surface area contributed by atoms with Gasteiger partial charge in [0.15, 0.2) is 5.82 Å². The van der Waals surface area contributed by atoms with Gasteiger partial charge in [0.05, 0.1) is 0 Å². The molecule has 3 aromatic rings. The molecule has 1 amide bonds. The number of nitrogens with one attached hydrogen (secondary N) is 2. The number of nitrogens with zero attached hydrogens (tertiary/aromatic N) is 5. The average molecular weight is 392 g/mol. The molecular formula is C17H19ClFN7O. The van der Waals surface area contributed by atoms with Crippen LogP contribution in [0.5, 0.6) is 0 Å². The topological polar surface area (TPSA) is 89.7 Å². The Bertz CT molecular complexity index is 892. The van der Waals surface area contributed by atoms with Crippen molar-refractivity contribution in [2.24, 2.45) is 0 Å². The summed E-state index contributed by atoms with van der Waals surface area (Å²) in [6.45, 7) is 1.43. The van der Waals surface area contributed by atoms with E-state index in [0.29, 0.717) is 31.6 Å². The lowest BCUT2D eigenvalue weighted by Gasteiger charge is -2.36. The summed E-state index contributed by atoms with van der Waals surface area (Å²) in [5.74, 6) is -0.692. The van der Waals surface area contributed by atoms with E-state index in [1.807, 2.05) is 0 Å². The summed E-state index contributed by atoms with van der Waals surface area (Å²) in [7, 11) is 0. The van der Waals surface area contributed by atoms with E-state index in [1.165, 1.54) is 23.4 Å². The van der Waals surface area contributed by atoms with Gasteiger partial charge in [-0.05, 0) is 50.2 Å². The van der Waals surface area contributed by atoms with Crippen molar-refractivity contribution in [2.45, 2.75) is 18.4 Å². The molecule has 0 spiro atoms. The lowest BCUT2D eigenvalue weighted by molar-refractivity contribution is -0.126. The zero-order chi connectivity index (χ0) is 18.0. The smallest absolute Gasteiger partial charge is 0.252 e. The van der Waals surface area contributed by atoms with Gasteiger partial charge >= 0.3 is 0 Å². The molecule has 0 unspecified atom stereocenters. The van der Waals surface area contributed by atoms with Crippen molar-refractivity contribution in [1.29, 1.82) is 0 Å². The van der Waals surface area contributed by atoms with Crippen molar-refractivity contribution in [3.8, 4) is 5.69 Å². The summed E-state index contributed by atoms with van der Waals surface area (Å²) in [6.07, 6.45) is 7.42. The fourth-order valence-corrected chi connectivity index (χ4v) is 3.27. The predicted octanol–water partition coefficient (Wildman–Crippen LogP) is 1.74. The fourth-order valence-electron chi connectivity index (χ4n) is 3.27. The summed E-state index contributed by atoms with van der Waals surface area (Å²) in [4.78, 5) is 16.9. The minimum atomic E-state index is -0.782. The van der Waals surface area contributed by atoms with Crippen molar-refractivity contribution < 1.29 is 9.18 Å². The van der Waals surface area contributed by atoms with Crippen molar-refractivity contribution in [1.82, 2.24) is 29.9 Å². The third kappa shape index (κ3) is 3.56.